The Balaban J connectivity index is 1.57. The van der Waals surface area contributed by atoms with E-state index in [2.05, 4.69) is 20.7 Å². The number of aliphatic hydroxyl groups excluding tert-OH is 1. The second-order valence-electron chi connectivity index (χ2n) is 18.6. The number of benzene rings is 1. The van der Waals surface area contributed by atoms with Crippen molar-refractivity contribution in [2.45, 2.75) is 149 Å². The monoisotopic (exact) mass is 896 g/mol. The molecule has 4 heterocycles. The molecule has 5 rings (SSSR count). The molecule has 3 fully saturated rings. The van der Waals surface area contributed by atoms with Crippen LogP contribution in [-0.4, -0.2) is 135 Å². The van der Waals surface area contributed by atoms with Gasteiger partial charge in [-0.25, -0.2) is 19.3 Å². The lowest BCUT2D eigenvalue weighted by molar-refractivity contribution is -0.298. The van der Waals surface area contributed by atoms with Crippen LogP contribution in [0.2, 0.25) is 0 Å². The van der Waals surface area contributed by atoms with Crippen molar-refractivity contribution in [2.75, 3.05) is 20.6 Å². The zero-order valence-electron chi connectivity index (χ0n) is 39.2. The summed E-state index contributed by atoms with van der Waals surface area (Å²) in [6, 6.07) is 6.24. The number of hydrogen-bond donors (Lipinski definition) is 3. The average Bonchev–Trinajstić information content (AvgIpc) is 3.90. The Kier molecular flexibility index (Phi) is 16.4. The first-order valence-electron chi connectivity index (χ1n) is 22.3. The highest BCUT2D eigenvalue weighted by atomic mass is 16.7. The fraction of sp³-hybridized carbons (Fsp3) is 0.674. The number of carbonyl (C=O) groups excluding carboxylic acids is 5. The molecule has 2 amide bonds. The molecule has 3 aliphatic heterocycles. The Bertz CT molecular complexity index is 1960. The Hall–Kier alpha value is -4.91. The summed E-state index contributed by atoms with van der Waals surface area (Å²) in [4.78, 5) is 75.4. The number of ether oxygens (including phenoxy) is 6. The Morgan fingerprint density at radius 1 is 1.08 bits per heavy atom. The maximum Gasteiger partial charge on any atom is 0.408 e. The lowest BCUT2D eigenvalue weighted by Crippen LogP contribution is -2.61. The summed E-state index contributed by atoms with van der Waals surface area (Å²) in [6.07, 6.45) is -0.824. The Morgan fingerprint density at radius 2 is 1.77 bits per heavy atom. The molecule has 1 aromatic heterocycles. The van der Waals surface area contributed by atoms with Crippen LogP contribution in [0.15, 0.2) is 43.0 Å². The van der Waals surface area contributed by atoms with E-state index < -0.39 is 108 Å². The molecule has 18 heteroatoms. The number of hydrogen-bond acceptors (Lipinski definition) is 15. The van der Waals surface area contributed by atoms with Gasteiger partial charge in [-0.05, 0) is 78.7 Å². The van der Waals surface area contributed by atoms with Crippen molar-refractivity contribution < 1.29 is 57.5 Å². The number of cyclic esters (lactones) is 1. The van der Waals surface area contributed by atoms with Crippen LogP contribution < -0.4 is 10.6 Å². The predicted octanol–water partition coefficient (Wildman–Crippen LogP) is 4.85. The van der Waals surface area contributed by atoms with Gasteiger partial charge in [0.2, 0.25) is 0 Å². The summed E-state index contributed by atoms with van der Waals surface area (Å²) >= 11 is 0. The number of alkyl carbamates (subject to hydrolysis) is 2. The molecule has 0 radical (unpaired) electrons. The van der Waals surface area contributed by atoms with Gasteiger partial charge in [-0.15, -0.1) is 0 Å². The summed E-state index contributed by atoms with van der Waals surface area (Å²) in [5, 5.41) is 21.5. The minimum absolute atomic E-state index is 0.0505. The minimum Gasteiger partial charge on any atom is -0.461 e. The van der Waals surface area contributed by atoms with Crippen molar-refractivity contribution in [1.29, 1.82) is 0 Å². The summed E-state index contributed by atoms with van der Waals surface area (Å²) in [5.41, 5.74) is -1.51. The normalized spacial score (nSPS) is 35.3. The molecule has 354 valence electrons. The van der Waals surface area contributed by atoms with Crippen LogP contribution in [0.4, 0.5) is 9.59 Å². The Morgan fingerprint density at radius 3 is 2.38 bits per heavy atom. The molecule has 0 saturated carbocycles. The number of aliphatic hydroxyl groups is 1. The van der Waals surface area contributed by atoms with Gasteiger partial charge in [0.25, 0.3) is 0 Å². The molecule has 3 aliphatic rings. The van der Waals surface area contributed by atoms with Crippen molar-refractivity contribution in [3.05, 3.63) is 48.6 Å². The van der Waals surface area contributed by atoms with Gasteiger partial charge in [0, 0.05) is 30.3 Å². The summed E-state index contributed by atoms with van der Waals surface area (Å²) in [6.45, 7) is 16.9. The van der Waals surface area contributed by atoms with Gasteiger partial charge in [-0.3, -0.25) is 14.4 Å². The van der Waals surface area contributed by atoms with Crippen LogP contribution in [0, 0.1) is 29.6 Å². The highest BCUT2D eigenvalue weighted by molar-refractivity contribution is 5.85. The van der Waals surface area contributed by atoms with Crippen LogP contribution in [0.1, 0.15) is 94.1 Å². The number of amides is 2. The molecule has 18 nitrogen and oxygen atoms in total. The second-order valence-corrected chi connectivity index (χ2v) is 18.6. The number of likely N-dealkylation sites (N-methyl/N-ethyl adjacent to an activating group) is 1. The standard InChI is InChI=1S/C46H68N6O12/c1-13-34-46(10)38(50-44(58)64-46)28(6)35(53)26(4)22-45(9,63-43(57)48-20-14-15-31-16-18-32(19-17-31)52-24-47-23-49-52)39(62-42-36(54)33(51(11)12)21-27(5)59-42)29(7)37(30(8)41(56)60-34)61-40(55)25(2)3/h14-19,23-30,33-34,36-39,42,54H,13,20-22H2,1-12H3,(H,48,57)(H,50,58)/b15-14+/t26-,27-,28+,29+,30-,33+,34-,36-,37+,38-,39-,42+,45-,46?/m1/s1. The fourth-order valence-corrected chi connectivity index (χ4v) is 9.37. The molecule has 0 aliphatic carbocycles. The van der Waals surface area contributed by atoms with E-state index in [0.717, 1.165) is 11.3 Å². The lowest BCUT2D eigenvalue weighted by atomic mass is 9.73. The van der Waals surface area contributed by atoms with Crippen LogP contribution in [0.3, 0.4) is 0 Å². The first kappa shape index (κ1) is 50.1. The molecule has 1 aromatic carbocycles. The number of Topliss-reactive ketones (excluding diaryl/α,β-unsaturated/α-hetero) is 1. The van der Waals surface area contributed by atoms with Crippen molar-refractivity contribution in [2.24, 2.45) is 29.6 Å². The van der Waals surface area contributed by atoms with Gasteiger partial charge in [0.15, 0.2) is 11.9 Å². The predicted molar refractivity (Wildman–Crippen MR) is 234 cm³/mol. The van der Waals surface area contributed by atoms with E-state index in [0.29, 0.717) is 6.42 Å². The van der Waals surface area contributed by atoms with Crippen LogP contribution in [0.5, 0.6) is 0 Å². The summed E-state index contributed by atoms with van der Waals surface area (Å²) in [5.74, 6) is -6.12. The van der Waals surface area contributed by atoms with Crippen molar-refractivity contribution in [3.8, 4) is 5.69 Å². The number of nitrogens with zero attached hydrogens (tertiary/aromatic N) is 4. The van der Waals surface area contributed by atoms with Gasteiger partial charge in [-0.1, -0.05) is 65.8 Å². The smallest absolute Gasteiger partial charge is 0.408 e. The molecular formula is C46H68N6O12. The largest absolute Gasteiger partial charge is 0.461 e. The average molecular weight is 897 g/mol. The number of nitrogens with one attached hydrogen (secondary N) is 2. The van der Waals surface area contributed by atoms with Gasteiger partial charge < -0.3 is 49.1 Å². The highest BCUT2D eigenvalue weighted by Crippen LogP contribution is 2.42. The summed E-state index contributed by atoms with van der Waals surface area (Å²) < 4.78 is 39.3. The topological polar surface area (TPSA) is 219 Å². The third kappa shape index (κ3) is 11.3. The highest BCUT2D eigenvalue weighted by Gasteiger charge is 2.58. The van der Waals surface area contributed by atoms with Gasteiger partial charge >= 0.3 is 24.1 Å². The maximum absolute atomic E-state index is 14.6. The van der Waals surface area contributed by atoms with E-state index in [-0.39, 0.29) is 31.3 Å². The maximum atomic E-state index is 14.6. The fourth-order valence-electron chi connectivity index (χ4n) is 9.37. The quantitative estimate of drug-likeness (QED) is 0.203. The van der Waals surface area contributed by atoms with Crippen molar-refractivity contribution >= 4 is 36.0 Å². The molecule has 14 atom stereocenters. The third-order valence-corrected chi connectivity index (χ3v) is 12.9. The van der Waals surface area contributed by atoms with E-state index in [1.54, 1.807) is 79.4 Å². The third-order valence-electron chi connectivity index (χ3n) is 12.9. The number of ketones is 1. The van der Waals surface area contributed by atoms with Crippen LogP contribution in [0.25, 0.3) is 11.8 Å². The summed E-state index contributed by atoms with van der Waals surface area (Å²) in [7, 11) is 3.67. The van der Waals surface area contributed by atoms with Crippen LogP contribution >= 0.6 is 0 Å². The minimum atomic E-state index is -1.74. The first-order valence-corrected chi connectivity index (χ1v) is 22.3. The van der Waals surface area contributed by atoms with E-state index in [1.165, 1.54) is 6.33 Å². The van der Waals surface area contributed by atoms with E-state index in [9.17, 15) is 29.1 Å². The van der Waals surface area contributed by atoms with Crippen molar-refractivity contribution in [1.82, 2.24) is 30.3 Å². The second kappa shape index (κ2) is 20.9. The molecule has 0 spiro atoms. The molecule has 3 saturated heterocycles. The Labute approximate surface area is 376 Å². The zero-order valence-corrected chi connectivity index (χ0v) is 39.2. The van der Waals surface area contributed by atoms with Gasteiger partial charge in [0.1, 0.15) is 48.5 Å². The number of rotatable bonds is 11. The lowest BCUT2D eigenvalue weighted by Gasteiger charge is -2.48. The molecule has 1 unspecified atom stereocenters. The number of carbonyl (C=O) groups is 5. The van der Waals surface area contributed by atoms with Crippen molar-refractivity contribution in [3.63, 3.8) is 0 Å². The molecule has 3 N–H and O–H groups in total. The molecule has 0 bridgehead atoms. The molecular weight excluding hydrogens is 829 g/mol. The van der Waals surface area contributed by atoms with Crippen LogP contribution in [-0.2, 0) is 42.8 Å². The van der Waals surface area contributed by atoms with E-state index in [4.69, 9.17) is 28.4 Å². The van der Waals surface area contributed by atoms with Gasteiger partial charge in [0.05, 0.1) is 29.7 Å². The number of fused-ring (bicyclic) bond motifs is 1. The van der Waals surface area contributed by atoms with E-state index >= 15 is 0 Å². The number of aromatic nitrogens is 3. The molecule has 2 aromatic rings. The first-order chi connectivity index (χ1) is 30.1. The van der Waals surface area contributed by atoms with Gasteiger partial charge in [-0.2, -0.15) is 5.10 Å². The zero-order chi connectivity index (χ0) is 47.3. The number of esters is 2. The van der Waals surface area contributed by atoms with E-state index in [1.807, 2.05) is 56.3 Å². The molecule has 64 heavy (non-hydrogen) atoms. The SMILES string of the molecule is CC[C@H]1OC(=O)[C@H](C)[C@@H](OC(=O)C(C)C)[C@H](C)[C@@H](O[C@@H]2O[C@H](C)C[C@H](N(C)C)[C@H]2O)[C@](C)(OC(=O)NC/C=C/c2ccc(-n3cncn3)cc2)C[C@@H](C)C(=O)[C@H](C)[C@H]2NC(=O)OC21C.